The molecule has 1 amide bonds. The summed E-state index contributed by atoms with van der Waals surface area (Å²) in [6, 6.07) is 5.43. The summed E-state index contributed by atoms with van der Waals surface area (Å²) in [5.74, 6) is 1.54. The highest BCUT2D eigenvalue weighted by Crippen LogP contribution is 2.26. The number of anilines is 1. The van der Waals surface area contributed by atoms with Crippen LogP contribution in [0.1, 0.15) is 43.5 Å². The highest BCUT2D eigenvalue weighted by molar-refractivity contribution is 9.10. The number of rotatable bonds is 2. The lowest BCUT2D eigenvalue weighted by molar-refractivity contribution is 0.0759. The van der Waals surface area contributed by atoms with Crippen LogP contribution in [-0.2, 0) is 0 Å². The van der Waals surface area contributed by atoms with Gasteiger partial charge in [0.2, 0.25) is 0 Å². The van der Waals surface area contributed by atoms with Crippen molar-refractivity contribution in [2.45, 2.75) is 33.1 Å². The Kier molecular flexibility index (Phi) is 5.08. The normalized spacial score (nSPS) is 20.0. The van der Waals surface area contributed by atoms with E-state index in [9.17, 15) is 4.79 Å². The second kappa shape index (κ2) is 6.61. The van der Waals surface area contributed by atoms with Crippen LogP contribution in [0, 0.1) is 11.8 Å². The van der Waals surface area contributed by atoms with E-state index in [1.807, 2.05) is 17.0 Å². The number of nitrogen functional groups attached to an aromatic ring is 1. The second-order valence-corrected chi connectivity index (χ2v) is 6.92. The summed E-state index contributed by atoms with van der Waals surface area (Å²) in [7, 11) is 0. The fourth-order valence-electron chi connectivity index (χ4n) is 2.91. The summed E-state index contributed by atoms with van der Waals surface area (Å²) >= 11 is 3.40. The van der Waals surface area contributed by atoms with E-state index in [0.717, 1.165) is 36.3 Å². The first-order chi connectivity index (χ1) is 9.47. The molecule has 20 heavy (non-hydrogen) atoms. The van der Waals surface area contributed by atoms with Gasteiger partial charge < -0.3 is 10.6 Å². The molecular formula is C16H23BrN2O. The van der Waals surface area contributed by atoms with Gasteiger partial charge >= 0.3 is 0 Å². The Hall–Kier alpha value is -1.03. The predicted octanol–water partition coefficient (Wildman–Crippen LogP) is 3.93. The first-order valence-corrected chi connectivity index (χ1v) is 8.12. The Balaban J connectivity index is 2.09. The number of benzene rings is 1. The van der Waals surface area contributed by atoms with Crippen LogP contribution in [0.25, 0.3) is 0 Å². The van der Waals surface area contributed by atoms with Crippen LogP contribution < -0.4 is 5.73 Å². The van der Waals surface area contributed by atoms with Gasteiger partial charge in [0.25, 0.3) is 5.91 Å². The van der Waals surface area contributed by atoms with Crippen molar-refractivity contribution in [1.29, 1.82) is 0 Å². The van der Waals surface area contributed by atoms with Crippen molar-refractivity contribution in [3.8, 4) is 0 Å². The lowest BCUT2D eigenvalue weighted by Gasteiger charge is -2.22. The summed E-state index contributed by atoms with van der Waals surface area (Å²) in [4.78, 5) is 14.6. The zero-order valence-electron chi connectivity index (χ0n) is 12.2. The van der Waals surface area contributed by atoms with E-state index in [2.05, 4.69) is 29.8 Å². The van der Waals surface area contributed by atoms with Crippen molar-refractivity contribution in [2.75, 3.05) is 18.8 Å². The topological polar surface area (TPSA) is 46.3 Å². The first-order valence-electron chi connectivity index (χ1n) is 7.32. The lowest BCUT2D eigenvalue weighted by Crippen LogP contribution is -2.32. The number of carbonyl (C=O) groups is 1. The van der Waals surface area contributed by atoms with Crippen LogP contribution in [0.3, 0.4) is 0 Å². The molecule has 4 heteroatoms. The molecule has 1 aromatic carbocycles. The van der Waals surface area contributed by atoms with E-state index in [-0.39, 0.29) is 5.91 Å². The number of hydrogen-bond acceptors (Lipinski definition) is 2. The molecule has 2 rings (SSSR count). The Morgan fingerprint density at radius 2 is 2.05 bits per heavy atom. The third kappa shape index (κ3) is 3.75. The molecule has 0 saturated carbocycles. The number of carbonyl (C=O) groups excluding carboxylic acids is 1. The zero-order valence-corrected chi connectivity index (χ0v) is 13.8. The lowest BCUT2D eigenvalue weighted by atomic mass is 9.89. The molecule has 0 radical (unpaired) electrons. The minimum Gasteiger partial charge on any atom is -0.399 e. The van der Waals surface area contributed by atoms with Crippen LogP contribution >= 0.6 is 15.9 Å². The predicted molar refractivity (Wildman–Crippen MR) is 86.6 cm³/mol. The molecular weight excluding hydrogens is 316 g/mol. The van der Waals surface area contributed by atoms with Crippen molar-refractivity contribution in [2.24, 2.45) is 11.8 Å². The maximum absolute atomic E-state index is 12.6. The maximum atomic E-state index is 12.6. The van der Waals surface area contributed by atoms with Gasteiger partial charge in [0.15, 0.2) is 0 Å². The van der Waals surface area contributed by atoms with Gasteiger partial charge in [-0.15, -0.1) is 0 Å². The van der Waals surface area contributed by atoms with Crippen molar-refractivity contribution >= 4 is 27.5 Å². The van der Waals surface area contributed by atoms with Crippen molar-refractivity contribution in [3.63, 3.8) is 0 Å². The molecule has 110 valence electrons. The standard InChI is InChI=1S/C16H23BrN2O/c1-11(2)12-4-3-6-19(7-5-12)16(20)13-8-14(17)10-15(18)9-13/h8-12H,3-7,18H2,1-2H3. The van der Waals surface area contributed by atoms with Gasteiger partial charge in [-0.3, -0.25) is 4.79 Å². The number of halogens is 1. The molecule has 1 heterocycles. The van der Waals surface area contributed by atoms with Crippen LogP contribution in [0.5, 0.6) is 0 Å². The highest BCUT2D eigenvalue weighted by atomic mass is 79.9. The van der Waals surface area contributed by atoms with E-state index in [1.165, 1.54) is 6.42 Å². The molecule has 0 bridgehead atoms. The molecule has 1 saturated heterocycles. The molecule has 2 N–H and O–H groups in total. The molecule has 1 fully saturated rings. The molecule has 1 unspecified atom stereocenters. The Morgan fingerprint density at radius 3 is 2.70 bits per heavy atom. The molecule has 1 aromatic rings. The summed E-state index contributed by atoms with van der Waals surface area (Å²) in [6.07, 6.45) is 3.42. The fourth-order valence-corrected chi connectivity index (χ4v) is 3.42. The van der Waals surface area contributed by atoms with Gasteiger partial charge in [0, 0.05) is 28.8 Å². The van der Waals surface area contributed by atoms with Gasteiger partial charge in [0.05, 0.1) is 0 Å². The molecule has 0 spiro atoms. The highest BCUT2D eigenvalue weighted by Gasteiger charge is 2.23. The van der Waals surface area contributed by atoms with Crippen molar-refractivity contribution < 1.29 is 4.79 Å². The quantitative estimate of drug-likeness (QED) is 0.830. The van der Waals surface area contributed by atoms with Crippen LogP contribution in [0.2, 0.25) is 0 Å². The third-order valence-electron chi connectivity index (χ3n) is 4.17. The van der Waals surface area contributed by atoms with Gasteiger partial charge in [-0.1, -0.05) is 29.8 Å². The smallest absolute Gasteiger partial charge is 0.253 e. The second-order valence-electron chi connectivity index (χ2n) is 6.00. The van der Waals surface area contributed by atoms with E-state index in [0.29, 0.717) is 17.2 Å². The first kappa shape index (κ1) is 15.4. The van der Waals surface area contributed by atoms with Crippen LogP contribution in [-0.4, -0.2) is 23.9 Å². The largest absolute Gasteiger partial charge is 0.399 e. The van der Waals surface area contributed by atoms with Gasteiger partial charge in [-0.25, -0.2) is 0 Å². The van der Waals surface area contributed by atoms with E-state index in [4.69, 9.17) is 5.73 Å². The average molecular weight is 339 g/mol. The number of nitrogens with two attached hydrogens (primary N) is 1. The molecule has 0 aromatic heterocycles. The van der Waals surface area contributed by atoms with Gasteiger partial charge in [-0.05, 0) is 49.3 Å². The molecule has 1 atom stereocenters. The number of likely N-dealkylation sites (tertiary alicyclic amines) is 1. The molecule has 0 aliphatic carbocycles. The molecule has 1 aliphatic rings. The summed E-state index contributed by atoms with van der Waals surface area (Å²) in [6.45, 7) is 6.26. The monoisotopic (exact) mass is 338 g/mol. The van der Waals surface area contributed by atoms with Crippen molar-refractivity contribution in [1.82, 2.24) is 4.90 Å². The molecule has 1 aliphatic heterocycles. The number of amides is 1. The fraction of sp³-hybridized carbons (Fsp3) is 0.562. The van der Waals surface area contributed by atoms with E-state index in [1.54, 1.807) is 6.07 Å². The SMILES string of the molecule is CC(C)C1CCCN(C(=O)c2cc(N)cc(Br)c2)CC1. The average Bonchev–Trinajstić information content (AvgIpc) is 2.62. The van der Waals surface area contributed by atoms with Crippen LogP contribution in [0.4, 0.5) is 5.69 Å². The van der Waals surface area contributed by atoms with Crippen LogP contribution in [0.15, 0.2) is 22.7 Å². The number of hydrogen-bond donors (Lipinski definition) is 1. The van der Waals surface area contributed by atoms with E-state index < -0.39 is 0 Å². The van der Waals surface area contributed by atoms with Crippen molar-refractivity contribution in [3.05, 3.63) is 28.2 Å². The number of nitrogens with zero attached hydrogens (tertiary/aromatic N) is 1. The Morgan fingerprint density at radius 1 is 1.30 bits per heavy atom. The zero-order chi connectivity index (χ0) is 14.7. The summed E-state index contributed by atoms with van der Waals surface area (Å²) in [5.41, 5.74) is 7.12. The molecule has 3 nitrogen and oxygen atoms in total. The summed E-state index contributed by atoms with van der Waals surface area (Å²) < 4.78 is 0.857. The Bertz CT molecular complexity index is 467. The summed E-state index contributed by atoms with van der Waals surface area (Å²) in [5, 5.41) is 0. The Labute approximate surface area is 129 Å². The minimum absolute atomic E-state index is 0.0995. The third-order valence-corrected chi connectivity index (χ3v) is 4.63. The van der Waals surface area contributed by atoms with E-state index >= 15 is 0 Å². The van der Waals surface area contributed by atoms with Gasteiger partial charge in [-0.2, -0.15) is 0 Å². The minimum atomic E-state index is 0.0995. The van der Waals surface area contributed by atoms with Gasteiger partial charge in [0.1, 0.15) is 0 Å². The maximum Gasteiger partial charge on any atom is 0.253 e.